The quantitative estimate of drug-likeness (QED) is 0.296. The molecule has 0 amide bonds. The van der Waals surface area contributed by atoms with Crippen molar-refractivity contribution in [1.29, 1.82) is 5.26 Å². The van der Waals surface area contributed by atoms with Crippen LogP contribution in [0, 0.1) is 11.3 Å². The lowest BCUT2D eigenvalue weighted by Crippen LogP contribution is -2.23. The van der Waals surface area contributed by atoms with Crippen LogP contribution in [0.25, 0.3) is 0 Å². The fourth-order valence-electron chi connectivity index (χ4n) is 1.97. The summed E-state index contributed by atoms with van der Waals surface area (Å²) in [4.78, 5) is 2.27. The molecule has 0 aromatic rings. The minimum Gasteiger partial charge on any atom is -0.490 e. The number of piperidine rings is 1. The number of ether oxygens (including phenoxy) is 2. The zero-order valence-corrected chi connectivity index (χ0v) is 12.3. The van der Waals surface area contributed by atoms with Gasteiger partial charge in [-0.05, 0) is 44.5 Å². The Morgan fingerprint density at radius 1 is 1.30 bits per heavy atom. The fraction of sp³-hybridized carbons (Fsp3) is 0.562. The second kappa shape index (κ2) is 10.1. The van der Waals surface area contributed by atoms with Crippen LogP contribution in [0.2, 0.25) is 0 Å². The van der Waals surface area contributed by atoms with Gasteiger partial charge in [-0.25, -0.2) is 0 Å². The van der Waals surface area contributed by atoms with Crippen LogP contribution in [0.5, 0.6) is 0 Å². The van der Waals surface area contributed by atoms with Gasteiger partial charge in [-0.1, -0.05) is 6.58 Å². The maximum atomic E-state index is 9.10. The molecule has 1 saturated heterocycles. The Kier molecular flexibility index (Phi) is 8.25. The van der Waals surface area contributed by atoms with Gasteiger partial charge in [0.05, 0.1) is 12.2 Å². The molecule has 1 rings (SSSR count). The third-order valence-corrected chi connectivity index (χ3v) is 3.08. The first-order valence-corrected chi connectivity index (χ1v) is 7.20. The molecule has 0 unspecified atom stereocenters. The molecule has 0 bridgehead atoms. The van der Waals surface area contributed by atoms with Gasteiger partial charge in [0.1, 0.15) is 18.4 Å². The predicted molar refractivity (Wildman–Crippen MR) is 79.8 cm³/mol. The number of rotatable bonds is 8. The largest absolute Gasteiger partial charge is 0.490 e. The average molecular weight is 276 g/mol. The summed E-state index contributed by atoms with van der Waals surface area (Å²) in [5, 5.41) is 9.10. The van der Waals surface area contributed by atoms with E-state index < -0.39 is 0 Å². The minimum absolute atomic E-state index is 0.399. The number of allylic oxidation sites excluding steroid dienone is 3. The summed E-state index contributed by atoms with van der Waals surface area (Å²) in [7, 11) is 0. The molecule has 0 aliphatic carbocycles. The summed E-state index contributed by atoms with van der Waals surface area (Å²) < 4.78 is 10.6. The van der Waals surface area contributed by atoms with Crippen molar-refractivity contribution in [2.24, 2.45) is 0 Å². The van der Waals surface area contributed by atoms with Crippen molar-refractivity contribution < 1.29 is 9.47 Å². The smallest absolute Gasteiger partial charge is 0.130 e. The van der Waals surface area contributed by atoms with Gasteiger partial charge in [0.25, 0.3) is 0 Å². The van der Waals surface area contributed by atoms with Gasteiger partial charge in [0.15, 0.2) is 0 Å². The van der Waals surface area contributed by atoms with Crippen LogP contribution >= 0.6 is 0 Å². The van der Waals surface area contributed by atoms with Gasteiger partial charge < -0.3 is 14.4 Å². The summed E-state index contributed by atoms with van der Waals surface area (Å²) in [6.07, 6.45) is 9.47. The molecule has 0 aromatic heterocycles. The molecule has 1 aliphatic rings. The van der Waals surface area contributed by atoms with Crippen LogP contribution in [-0.4, -0.2) is 37.8 Å². The van der Waals surface area contributed by atoms with Crippen molar-refractivity contribution in [2.75, 3.05) is 32.9 Å². The second-order valence-corrected chi connectivity index (χ2v) is 4.60. The lowest BCUT2D eigenvalue weighted by Gasteiger charge is -2.24. The van der Waals surface area contributed by atoms with E-state index in [1.54, 1.807) is 6.08 Å². The third kappa shape index (κ3) is 6.44. The average Bonchev–Trinajstić information content (AvgIpc) is 2.49. The first-order chi connectivity index (χ1) is 9.77. The normalized spacial score (nSPS) is 16.2. The van der Waals surface area contributed by atoms with Crippen LogP contribution in [0.3, 0.4) is 0 Å². The molecule has 0 spiro atoms. The van der Waals surface area contributed by atoms with Gasteiger partial charge in [0, 0.05) is 19.7 Å². The zero-order valence-electron chi connectivity index (χ0n) is 12.3. The number of hydrogen-bond donors (Lipinski definition) is 0. The van der Waals surface area contributed by atoms with E-state index in [0.29, 0.717) is 31.2 Å². The van der Waals surface area contributed by atoms with E-state index in [0.717, 1.165) is 13.1 Å². The summed E-state index contributed by atoms with van der Waals surface area (Å²) in [6, 6.07) is 2.11. The Balaban J connectivity index is 2.39. The van der Waals surface area contributed by atoms with Crippen molar-refractivity contribution in [1.82, 2.24) is 4.90 Å². The van der Waals surface area contributed by atoms with Crippen LogP contribution in [-0.2, 0) is 9.47 Å². The van der Waals surface area contributed by atoms with E-state index in [2.05, 4.69) is 17.5 Å². The molecule has 0 atom stereocenters. The summed E-state index contributed by atoms with van der Waals surface area (Å²) in [6.45, 7) is 9.49. The molecule has 4 nitrogen and oxygen atoms in total. The van der Waals surface area contributed by atoms with Gasteiger partial charge in [-0.3, -0.25) is 0 Å². The van der Waals surface area contributed by atoms with Gasteiger partial charge in [-0.2, -0.15) is 5.26 Å². The molecule has 1 fully saturated rings. The summed E-state index contributed by atoms with van der Waals surface area (Å²) >= 11 is 0. The van der Waals surface area contributed by atoms with Crippen molar-refractivity contribution in [3.63, 3.8) is 0 Å². The van der Waals surface area contributed by atoms with E-state index in [4.69, 9.17) is 14.7 Å². The molecule has 1 heterocycles. The number of nitrogens with zero attached hydrogens (tertiary/aromatic N) is 2. The van der Waals surface area contributed by atoms with Crippen LogP contribution in [0.4, 0.5) is 0 Å². The highest BCUT2D eigenvalue weighted by Gasteiger charge is 2.05. The highest BCUT2D eigenvalue weighted by molar-refractivity contribution is 5.39. The highest BCUT2D eigenvalue weighted by atomic mass is 16.5. The monoisotopic (exact) mass is 276 g/mol. The maximum Gasteiger partial charge on any atom is 0.130 e. The fourth-order valence-corrected chi connectivity index (χ4v) is 1.97. The highest BCUT2D eigenvalue weighted by Crippen LogP contribution is 2.11. The summed E-state index contributed by atoms with van der Waals surface area (Å²) in [5.74, 6) is 0.399. The van der Waals surface area contributed by atoms with Crippen LogP contribution < -0.4 is 0 Å². The van der Waals surface area contributed by atoms with Gasteiger partial charge in [-0.15, -0.1) is 0 Å². The Morgan fingerprint density at radius 3 is 2.70 bits per heavy atom. The van der Waals surface area contributed by atoms with E-state index in [1.165, 1.54) is 19.3 Å². The molecule has 110 valence electrons. The zero-order chi connectivity index (χ0) is 14.6. The van der Waals surface area contributed by atoms with Crippen LogP contribution in [0.15, 0.2) is 36.3 Å². The lowest BCUT2D eigenvalue weighted by atomic mass is 10.1. The molecule has 0 saturated carbocycles. The van der Waals surface area contributed by atoms with Gasteiger partial charge >= 0.3 is 0 Å². The maximum absolute atomic E-state index is 9.10. The molecular weight excluding hydrogens is 252 g/mol. The Hall–Kier alpha value is -1.73. The SMILES string of the molecule is C=C(OCCOCC)C(C#N)=CC=CN1CCCCC1. The van der Waals surface area contributed by atoms with E-state index in [9.17, 15) is 0 Å². The van der Waals surface area contributed by atoms with Gasteiger partial charge in [0.2, 0.25) is 0 Å². The number of hydrogen-bond acceptors (Lipinski definition) is 4. The second-order valence-electron chi connectivity index (χ2n) is 4.60. The lowest BCUT2D eigenvalue weighted by molar-refractivity contribution is 0.0862. The van der Waals surface area contributed by atoms with Crippen molar-refractivity contribution >= 4 is 0 Å². The molecule has 4 heteroatoms. The molecular formula is C16H24N2O2. The molecule has 0 radical (unpaired) electrons. The Bertz CT molecular complexity index is 388. The van der Waals surface area contributed by atoms with Crippen molar-refractivity contribution in [2.45, 2.75) is 26.2 Å². The minimum atomic E-state index is 0.399. The number of likely N-dealkylation sites (tertiary alicyclic amines) is 1. The molecule has 1 aliphatic heterocycles. The third-order valence-electron chi connectivity index (χ3n) is 3.08. The van der Waals surface area contributed by atoms with E-state index in [-0.39, 0.29) is 0 Å². The standard InChI is InChI=1S/C16H24N2O2/c1-3-19-12-13-20-15(2)16(14-17)8-7-11-18-9-5-4-6-10-18/h7-8,11H,2-6,9-10,12-13H2,1H3. The van der Waals surface area contributed by atoms with E-state index in [1.807, 2.05) is 19.2 Å². The first kappa shape index (κ1) is 16.3. The van der Waals surface area contributed by atoms with Crippen molar-refractivity contribution in [3.05, 3.63) is 36.3 Å². The van der Waals surface area contributed by atoms with Crippen LogP contribution in [0.1, 0.15) is 26.2 Å². The Labute approximate surface area is 122 Å². The summed E-state index contributed by atoms with van der Waals surface area (Å²) in [5.41, 5.74) is 0.453. The van der Waals surface area contributed by atoms with Crippen molar-refractivity contribution in [3.8, 4) is 6.07 Å². The predicted octanol–water partition coefficient (Wildman–Crippen LogP) is 3.00. The molecule has 0 N–H and O–H groups in total. The first-order valence-electron chi connectivity index (χ1n) is 7.20. The molecule has 0 aromatic carbocycles. The topological polar surface area (TPSA) is 45.5 Å². The number of nitriles is 1. The molecule has 20 heavy (non-hydrogen) atoms. The van der Waals surface area contributed by atoms with E-state index >= 15 is 0 Å². The Morgan fingerprint density at radius 2 is 2.05 bits per heavy atom.